The van der Waals surface area contributed by atoms with Crippen molar-refractivity contribution >= 4 is 12.6 Å². The Balaban J connectivity index is 2.61. The van der Waals surface area contributed by atoms with Crippen molar-refractivity contribution in [2.75, 3.05) is 7.11 Å². The van der Waals surface area contributed by atoms with Gasteiger partial charge in [0, 0.05) is 7.11 Å². The highest BCUT2D eigenvalue weighted by Crippen LogP contribution is 2.03. The van der Waals surface area contributed by atoms with Crippen molar-refractivity contribution in [2.24, 2.45) is 0 Å². The van der Waals surface area contributed by atoms with Gasteiger partial charge < -0.3 is 9.15 Å². The maximum Gasteiger partial charge on any atom is 0.273 e. The lowest BCUT2D eigenvalue weighted by Crippen LogP contribution is -1.85. The molecule has 0 aliphatic carbocycles. The largest absolute Gasteiger partial charge is 0.414 e. The van der Waals surface area contributed by atoms with E-state index in [0.29, 0.717) is 12.5 Å². The van der Waals surface area contributed by atoms with Crippen molar-refractivity contribution in [3.05, 3.63) is 5.89 Å². The van der Waals surface area contributed by atoms with Crippen LogP contribution in [0.5, 0.6) is 0 Å². The Morgan fingerprint density at radius 3 is 2.89 bits per heavy atom. The van der Waals surface area contributed by atoms with Crippen LogP contribution in [0.25, 0.3) is 0 Å². The fourth-order valence-corrected chi connectivity index (χ4v) is 0.577. The van der Waals surface area contributed by atoms with Crippen LogP contribution in [0.1, 0.15) is 5.89 Å². The van der Waals surface area contributed by atoms with Crippen LogP contribution in [0.15, 0.2) is 9.64 Å². The molecular formula is C4H6N2O2S. The lowest BCUT2D eigenvalue weighted by Gasteiger charge is -1.86. The Kier molecular flexibility index (Phi) is 2.07. The first-order valence-electron chi connectivity index (χ1n) is 2.33. The van der Waals surface area contributed by atoms with E-state index in [1.54, 1.807) is 7.11 Å². The van der Waals surface area contributed by atoms with Gasteiger partial charge in [-0.3, -0.25) is 0 Å². The minimum atomic E-state index is 0.266. The lowest BCUT2D eigenvalue weighted by molar-refractivity contribution is 0.155. The predicted molar refractivity (Wildman–Crippen MR) is 32.3 cm³/mol. The zero-order chi connectivity index (χ0) is 6.69. The maximum absolute atomic E-state index is 4.84. The van der Waals surface area contributed by atoms with E-state index in [1.165, 1.54) is 0 Å². The van der Waals surface area contributed by atoms with Crippen LogP contribution in [0.3, 0.4) is 0 Å². The van der Waals surface area contributed by atoms with Crippen molar-refractivity contribution in [3.8, 4) is 0 Å². The van der Waals surface area contributed by atoms with Crippen LogP contribution < -0.4 is 0 Å². The Labute approximate surface area is 57.6 Å². The van der Waals surface area contributed by atoms with Gasteiger partial charge in [-0.2, -0.15) is 0 Å². The molecule has 1 aromatic heterocycles. The predicted octanol–water partition coefficient (Wildman–Crippen LogP) is 0.505. The molecule has 1 heterocycles. The van der Waals surface area contributed by atoms with Crippen LogP contribution >= 0.6 is 12.6 Å². The van der Waals surface area contributed by atoms with Gasteiger partial charge in [-0.1, -0.05) is 12.6 Å². The summed E-state index contributed by atoms with van der Waals surface area (Å²) >= 11 is 3.80. The molecule has 0 aliphatic rings. The van der Waals surface area contributed by atoms with E-state index in [-0.39, 0.29) is 5.22 Å². The normalized spacial score (nSPS) is 10.0. The van der Waals surface area contributed by atoms with Gasteiger partial charge in [-0.15, -0.1) is 10.2 Å². The number of methoxy groups -OCH3 is 1. The van der Waals surface area contributed by atoms with Crippen LogP contribution in [-0.2, 0) is 11.3 Å². The molecule has 0 aromatic carbocycles. The van der Waals surface area contributed by atoms with Crippen molar-refractivity contribution in [1.82, 2.24) is 10.2 Å². The van der Waals surface area contributed by atoms with Crippen molar-refractivity contribution in [1.29, 1.82) is 0 Å². The van der Waals surface area contributed by atoms with Crippen LogP contribution in [0, 0.1) is 0 Å². The van der Waals surface area contributed by atoms with Gasteiger partial charge in [-0.25, -0.2) is 0 Å². The summed E-state index contributed by atoms with van der Waals surface area (Å²) in [6, 6.07) is 0. The van der Waals surface area contributed by atoms with E-state index in [1.807, 2.05) is 0 Å². The Hall–Kier alpha value is -0.550. The second-order valence-electron chi connectivity index (χ2n) is 1.41. The molecule has 0 spiro atoms. The van der Waals surface area contributed by atoms with Gasteiger partial charge >= 0.3 is 0 Å². The van der Waals surface area contributed by atoms with Crippen LogP contribution in [0.4, 0.5) is 0 Å². The van der Waals surface area contributed by atoms with Gasteiger partial charge in [0.05, 0.1) is 0 Å². The minimum absolute atomic E-state index is 0.266. The Morgan fingerprint density at radius 1 is 1.67 bits per heavy atom. The summed E-state index contributed by atoms with van der Waals surface area (Å²) in [5, 5.41) is 7.36. The fraction of sp³-hybridized carbons (Fsp3) is 0.500. The van der Waals surface area contributed by atoms with Crippen LogP contribution in [-0.4, -0.2) is 17.3 Å². The second kappa shape index (κ2) is 2.84. The standard InChI is InChI=1S/C4H6N2O2S/c1-7-2-3-5-6-4(9)8-3/h2H2,1H3,(H,6,9). The molecule has 0 atom stereocenters. The van der Waals surface area contributed by atoms with Crippen molar-refractivity contribution in [3.63, 3.8) is 0 Å². The molecule has 0 saturated carbocycles. The minimum Gasteiger partial charge on any atom is -0.414 e. The number of thiol groups is 1. The fourth-order valence-electron chi connectivity index (χ4n) is 0.427. The molecule has 0 saturated heterocycles. The Morgan fingerprint density at radius 2 is 2.44 bits per heavy atom. The maximum atomic E-state index is 4.84. The summed E-state index contributed by atoms with van der Waals surface area (Å²) in [6.07, 6.45) is 0. The van der Waals surface area contributed by atoms with E-state index in [9.17, 15) is 0 Å². The molecule has 0 bridgehead atoms. The molecular weight excluding hydrogens is 140 g/mol. The zero-order valence-electron chi connectivity index (χ0n) is 4.87. The molecule has 9 heavy (non-hydrogen) atoms. The van der Waals surface area contributed by atoms with Gasteiger partial charge in [-0.05, 0) is 0 Å². The molecule has 0 amide bonds. The highest BCUT2D eigenvalue weighted by atomic mass is 32.1. The summed E-state index contributed by atoms with van der Waals surface area (Å²) in [5.41, 5.74) is 0. The molecule has 0 N–H and O–H groups in total. The number of hydrogen-bond acceptors (Lipinski definition) is 5. The summed E-state index contributed by atoms with van der Waals surface area (Å²) < 4.78 is 9.55. The van der Waals surface area contributed by atoms with E-state index in [2.05, 4.69) is 22.8 Å². The molecule has 50 valence electrons. The topological polar surface area (TPSA) is 48.2 Å². The van der Waals surface area contributed by atoms with Crippen molar-refractivity contribution < 1.29 is 9.15 Å². The van der Waals surface area contributed by atoms with Crippen molar-refractivity contribution in [2.45, 2.75) is 11.8 Å². The second-order valence-corrected chi connectivity index (χ2v) is 1.79. The highest BCUT2D eigenvalue weighted by molar-refractivity contribution is 7.80. The molecule has 5 heteroatoms. The molecule has 0 aliphatic heterocycles. The number of hydrogen-bond donors (Lipinski definition) is 1. The van der Waals surface area contributed by atoms with Gasteiger partial charge in [0.15, 0.2) is 0 Å². The van der Waals surface area contributed by atoms with Gasteiger partial charge in [0.2, 0.25) is 5.89 Å². The smallest absolute Gasteiger partial charge is 0.273 e. The third-order valence-electron chi connectivity index (χ3n) is 0.724. The first-order chi connectivity index (χ1) is 4.33. The first kappa shape index (κ1) is 6.57. The van der Waals surface area contributed by atoms with E-state index < -0.39 is 0 Å². The van der Waals surface area contributed by atoms with Gasteiger partial charge in [0.25, 0.3) is 5.22 Å². The van der Waals surface area contributed by atoms with E-state index in [0.717, 1.165) is 0 Å². The van der Waals surface area contributed by atoms with Crippen LogP contribution in [0.2, 0.25) is 0 Å². The van der Waals surface area contributed by atoms with E-state index >= 15 is 0 Å². The third kappa shape index (κ3) is 1.69. The lowest BCUT2D eigenvalue weighted by atomic mass is 10.7. The zero-order valence-corrected chi connectivity index (χ0v) is 5.76. The number of nitrogens with zero attached hydrogens (tertiary/aromatic N) is 2. The summed E-state index contributed by atoms with van der Waals surface area (Å²) in [7, 11) is 1.56. The highest BCUT2D eigenvalue weighted by Gasteiger charge is 1.99. The third-order valence-corrected chi connectivity index (χ3v) is 0.905. The first-order valence-corrected chi connectivity index (χ1v) is 2.78. The quantitative estimate of drug-likeness (QED) is 0.617. The number of ether oxygens (including phenoxy) is 1. The molecule has 1 aromatic rings. The SMILES string of the molecule is COCc1nnc(S)o1. The summed E-state index contributed by atoms with van der Waals surface area (Å²) in [4.78, 5) is 0. The monoisotopic (exact) mass is 146 g/mol. The summed E-state index contributed by atoms with van der Waals surface area (Å²) in [6.45, 7) is 0.341. The molecule has 1 rings (SSSR count). The molecule has 0 fully saturated rings. The average Bonchev–Trinajstić information content (AvgIpc) is 2.17. The number of rotatable bonds is 2. The van der Waals surface area contributed by atoms with Gasteiger partial charge in [0.1, 0.15) is 6.61 Å². The molecule has 0 radical (unpaired) electrons. The average molecular weight is 146 g/mol. The summed E-state index contributed by atoms with van der Waals surface area (Å²) in [5.74, 6) is 0.447. The molecule has 4 nitrogen and oxygen atoms in total. The number of aromatic nitrogens is 2. The Bertz CT molecular complexity index is 188. The molecule has 0 unspecified atom stereocenters. The van der Waals surface area contributed by atoms with E-state index in [4.69, 9.17) is 9.15 Å².